The summed E-state index contributed by atoms with van der Waals surface area (Å²) in [5, 5.41) is 3.63. The summed E-state index contributed by atoms with van der Waals surface area (Å²) in [6.45, 7) is 3.40. The van der Waals surface area contributed by atoms with Gasteiger partial charge in [-0.15, -0.1) is 0 Å². The van der Waals surface area contributed by atoms with Gasteiger partial charge in [-0.1, -0.05) is 43.3 Å². The van der Waals surface area contributed by atoms with Gasteiger partial charge < -0.3 is 14.8 Å². The summed E-state index contributed by atoms with van der Waals surface area (Å²) in [6.07, 6.45) is 2.17. The third-order valence-electron chi connectivity index (χ3n) is 3.85. The van der Waals surface area contributed by atoms with Gasteiger partial charge in [0.2, 0.25) is 6.79 Å². The zero-order valence-electron chi connectivity index (χ0n) is 12.3. The van der Waals surface area contributed by atoms with Gasteiger partial charge in [-0.3, -0.25) is 0 Å². The Balaban J connectivity index is 1.58. The molecule has 110 valence electrons. The van der Waals surface area contributed by atoms with Gasteiger partial charge in [0.25, 0.3) is 0 Å². The number of benzene rings is 2. The Kier molecular flexibility index (Phi) is 4.41. The molecule has 1 unspecified atom stereocenters. The fraction of sp³-hybridized carbons (Fsp3) is 0.333. The second-order valence-corrected chi connectivity index (χ2v) is 5.36. The van der Waals surface area contributed by atoms with Crippen molar-refractivity contribution in [2.45, 2.75) is 32.4 Å². The summed E-state index contributed by atoms with van der Waals surface area (Å²) in [5.41, 5.74) is 2.60. The molecule has 21 heavy (non-hydrogen) atoms. The zero-order valence-corrected chi connectivity index (χ0v) is 12.3. The predicted molar refractivity (Wildman–Crippen MR) is 83.6 cm³/mol. The van der Waals surface area contributed by atoms with Gasteiger partial charge in [0.15, 0.2) is 11.5 Å². The van der Waals surface area contributed by atoms with Crippen molar-refractivity contribution in [3.05, 3.63) is 59.7 Å². The molecule has 0 aromatic heterocycles. The van der Waals surface area contributed by atoms with Gasteiger partial charge in [-0.25, -0.2) is 0 Å². The van der Waals surface area contributed by atoms with Crippen molar-refractivity contribution in [3.8, 4) is 11.5 Å². The minimum atomic E-state index is 0.331. The molecule has 0 bridgehead atoms. The molecule has 0 aliphatic carbocycles. The van der Waals surface area contributed by atoms with Crippen LogP contribution in [0.1, 0.15) is 24.5 Å². The maximum absolute atomic E-state index is 5.42. The van der Waals surface area contributed by atoms with Crippen LogP contribution in [0.25, 0.3) is 0 Å². The molecule has 0 spiro atoms. The standard InChI is InChI=1S/C18H21NO2/c1-2-16(10-14-6-4-3-5-7-14)19-12-15-8-9-17-18(11-15)21-13-20-17/h3-9,11,16,19H,2,10,12-13H2,1H3. The lowest BCUT2D eigenvalue weighted by Gasteiger charge is -2.17. The zero-order chi connectivity index (χ0) is 14.5. The van der Waals surface area contributed by atoms with Crippen LogP contribution in [0.3, 0.4) is 0 Å². The molecule has 0 fully saturated rings. The van der Waals surface area contributed by atoms with Crippen molar-refractivity contribution in [3.63, 3.8) is 0 Å². The van der Waals surface area contributed by atoms with Crippen LogP contribution in [0.5, 0.6) is 11.5 Å². The molecule has 1 aliphatic rings. The van der Waals surface area contributed by atoms with Gasteiger partial charge >= 0.3 is 0 Å². The fourth-order valence-corrected chi connectivity index (χ4v) is 2.57. The van der Waals surface area contributed by atoms with E-state index < -0.39 is 0 Å². The van der Waals surface area contributed by atoms with Crippen LogP contribution in [-0.4, -0.2) is 12.8 Å². The maximum atomic E-state index is 5.42. The third-order valence-corrected chi connectivity index (χ3v) is 3.85. The quantitative estimate of drug-likeness (QED) is 0.880. The Labute approximate surface area is 125 Å². The van der Waals surface area contributed by atoms with Crippen molar-refractivity contribution in [2.24, 2.45) is 0 Å². The van der Waals surface area contributed by atoms with E-state index in [0.717, 1.165) is 30.9 Å². The summed E-state index contributed by atoms with van der Waals surface area (Å²) in [7, 11) is 0. The van der Waals surface area contributed by atoms with Gasteiger partial charge in [-0.05, 0) is 36.1 Å². The molecule has 0 amide bonds. The number of hydrogen-bond acceptors (Lipinski definition) is 3. The predicted octanol–water partition coefficient (Wildman–Crippen LogP) is 3.53. The van der Waals surface area contributed by atoms with Crippen LogP contribution in [0.15, 0.2) is 48.5 Å². The second kappa shape index (κ2) is 6.64. The monoisotopic (exact) mass is 283 g/mol. The van der Waals surface area contributed by atoms with Crippen LogP contribution in [0.4, 0.5) is 0 Å². The molecule has 1 atom stereocenters. The molecule has 0 saturated heterocycles. The van der Waals surface area contributed by atoms with E-state index in [4.69, 9.17) is 9.47 Å². The fourth-order valence-electron chi connectivity index (χ4n) is 2.57. The van der Waals surface area contributed by atoms with E-state index in [1.54, 1.807) is 0 Å². The molecule has 2 aromatic rings. The molecule has 3 nitrogen and oxygen atoms in total. The molecule has 0 saturated carbocycles. The molecule has 1 aliphatic heterocycles. The van der Waals surface area contributed by atoms with E-state index >= 15 is 0 Å². The van der Waals surface area contributed by atoms with Crippen LogP contribution >= 0.6 is 0 Å². The lowest BCUT2D eigenvalue weighted by Crippen LogP contribution is -2.30. The van der Waals surface area contributed by atoms with E-state index in [9.17, 15) is 0 Å². The van der Waals surface area contributed by atoms with Crippen molar-refractivity contribution in [1.82, 2.24) is 5.32 Å². The summed E-state index contributed by atoms with van der Waals surface area (Å²) < 4.78 is 10.8. The smallest absolute Gasteiger partial charge is 0.231 e. The first-order valence-electron chi connectivity index (χ1n) is 7.51. The summed E-state index contributed by atoms with van der Waals surface area (Å²) in [6, 6.07) is 17.2. The third kappa shape index (κ3) is 3.56. The van der Waals surface area contributed by atoms with Crippen molar-refractivity contribution < 1.29 is 9.47 Å². The van der Waals surface area contributed by atoms with E-state index in [2.05, 4.69) is 54.7 Å². The highest BCUT2D eigenvalue weighted by Crippen LogP contribution is 2.32. The Bertz CT molecular complexity index is 583. The molecular weight excluding hydrogens is 262 g/mol. The highest BCUT2D eigenvalue weighted by atomic mass is 16.7. The number of ether oxygens (including phenoxy) is 2. The first-order valence-corrected chi connectivity index (χ1v) is 7.51. The summed E-state index contributed by atoms with van der Waals surface area (Å²) in [4.78, 5) is 0. The van der Waals surface area contributed by atoms with Gasteiger partial charge in [-0.2, -0.15) is 0 Å². The average Bonchev–Trinajstić information content (AvgIpc) is 3.00. The highest BCUT2D eigenvalue weighted by molar-refractivity contribution is 5.44. The average molecular weight is 283 g/mol. The second-order valence-electron chi connectivity index (χ2n) is 5.36. The summed E-state index contributed by atoms with van der Waals surface area (Å²) >= 11 is 0. The molecule has 0 radical (unpaired) electrons. The molecular formula is C18H21NO2. The Morgan fingerprint density at radius 2 is 1.81 bits per heavy atom. The van der Waals surface area contributed by atoms with E-state index in [0.29, 0.717) is 12.8 Å². The normalized spacial score (nSPS) is 14.1. The Morgan fingerprint density at radius 1 is 1.00 bits per heavy atom. The van der Waals surface area contributed by atoms with Crippen LogP contribution < -0.4 is 14.8 Å². The SMILES string of the molecule is CCC(Cc1ccccc1)NCc1ccc2c(c1)OCO2. The largest absolute Gasteiger partial charge is 0.454 e. The first kappa shape index (κ1) is 14.0. The Morgan fingerprint density at radius 3 is 2.62 bits per heavy atom. The minimum Gasteiger partial charge on any atom is -0.454 e. The van der Waals surface area contributed by atoms with Crippen LogP contribution in [-0.2, 0) is 13.0 Å². The summed E-state index contributed by atoms with van der Waals surface area (Å²) in [5.74, 6) is 1.69. The van der Waals surface area contributed by atoms with Crippen LogP contribution in [0.2, 0.25) is 0 Å². The molecule has 1 heterocycles. The number of fused-ring (bicyclic) bond motifs is 1. The van der Waals surface area contributed by atoms with Crippen molar-refractivity contribution in [1.29, 1.82) is 0 Å². The van der Waals surface area contributed by atoms with Crippen molar-refractivity contribution >= 4 is 0 Å². The van der Waals surface area contributed by atoms with E-state index in [1.165, 1.54) is 11.1 Å². The van der Waals surface area contributed by atoms with Crippen LogP contribution in [0, 0.1) is 0 Å². The minimum absolute atomic E-state index is 0.331. The number of nitrogens with one attached hydrogen (secondary N) is 1. The molecule has 3 heteroatoms. The first-order chi connectivity index (χ1) is 10.3. The maximum Gasteiger partial charge on any atom is 0.231 e. The van der Waals surface area contributed by atoms with Gasteiger partial charge in [0.05, 0.1) is 0 Å². The topological polar surface area (TPSA) is 30.5 Å². The molecule has 2 aromatic carbocycles. The molecule has 1 N–H and O–H groups in total. The van der Waals surface area contributed by atoms with E-state index in [1.807, 2.05) is 6.07 Å². The van der Waals surface area contributed by atoms with Gasteiger partial charge in [0, 0.05) is 12.6 Å². The Hall–Kier alpha value is -2.00. The highest BCUT2D eigenvalue weighted by Gasteiger charge is 2.13. The lowest BCUT2D eigenvalue weighted by atomic mass is 10.0. The lowest BCUT2D eigenvalue weighted by molar-refractivity contribution is 0.174. The number of rotatable bonds is 6. The number of hydrogen-bond donors (Lipinski definition) is 1. The van der Waals surface area contributed by atoms with Gasteiger partial charge in [0.1, 0.15) is 0 Å². The van der Waals surface area contributed by atoms with Crippen molar-refractivity contribution in [2.75, 3.05) is 6.79 Å². The van der Waals surface area contributed by atoms with E-state index in [-0.39, 0.29) is 0 Å². The molecule has 3 rings (SSSR count).